The summed E-state index contributed by atoms with van der Waals surface area (Å²) in [5.41, 5.74) is 16.7. The predicted octanol–water partition coefficient (Wildman–Crippen LogP) is 23.1. The molecule has 0 spiro atoms. The highest BCUT2D eigenvalue weighted by molar-refractivity contribution is 9.10. The minimum Gasteiger partial charge on any atom is -0.399 e. The van der Waals surface area contributed by atoms with E-state index in [2.05, 4.69) is 263 Å². The summed E-state index contributed by atoms with van der Waals surface area (Å²) in [6.45, 7) is 8.42. The fourth-order valence-electron chi connectivity index (χ4n) is 13.0. The molecule has 0 aliphatic carbocycles. The van der Waals surface area contributed by atoms with Crippen LogP contribution in [0.2, 0.25) is 0 Å². The third-order valence-electron chi connectivity index (χ3n) is 18.4. The second kappa shape index (κ2) is 24.5. The highest BCUT2D eigenvalue weighted by Gasteiger charge is 2.52. The van der Waals surface area contributed by atoms with Crippen LogP contribution < -0.4 is 5.46 Å². The summed E-state index contributed by atoms with van der Waals surface area (Å²) in [5.74, 6) is 0.728. The van der Waals surface area contributed by atoms with Gasteiger partial charge in [0.25, 0.3) is 0 Å². The van der Waals surface area contributed by atoms with E-state index in [-0.39, 0.29) is 18.3 Å². The molecule has 0 radical (unpaired) electrons. The lowest BCUT2D eigenvalue weighted by Crippen LogP contribution is -2.41. The fourth-order valence-corrected chi connectivity index (χ4v) is 18.7. The lowest BCUT2D eigenvalue weighted by molar-refractivity contribution is 0.00578. The minimum atomic E-state index is -0.369. The van der Waals surface area contributed by atoms with Crippen molar-refractivity contribution >= 4 is 155 Å². The Hall–Kier alpha value is -9.74. The fraction of sp³-hybridized carbons (Fsp3) is 0.0732. The van der Waals surface area contributed by atoms with Crippen LogP contribution in [-0.4, -0.2) is 47.4 Å². The maximum Gasteiger partial charge on any atom is 0.494 e. The van der Waals surface area contributed by atoms with E-state index in [1.54, 1.807) is 0 Å². The molecule has 8 nitrogen and oxygen atoms in total. The molecule has 1 fully saturated rings. The molecule has 462 valence electrons. The predicted molar refractivity (Wildman–Crippen MR) is 411 cm³/mol. The molecule has 0 N–H and O–H groups in total. The molecule has 0 amide bonds. The lowest BCUT2D eigenvalue weighted by Gasteiger charge is -2.32. The normalized spacial score (nSPS) is 13.5. The molecular weight excluding hydrogens is 1320 g/mol. The van der Waals surface area contributed by atoms with Crippen molar-refractivity contribution in [3.05, 3.63) is 284 Å². The SMILES string of the molecule is Brc1nc(-c2ccccc2)cc(-c2ccccc2)n1.CC1(C)OB(c2ccc3c(c2)c2sc4sc5ccccc5c4c2n3-c2ccccc2)OC1(C)C.c1ccc(-c2cc(-c3ccccc3)nc(-c3ccc4c(c3)c3sc5sc6ccccc6c5c3n4-c3ccccc3)n2)cc1. The number of hydrogen-bond donors (Lipinski definition) is 0. The van der Waals surface area contributed by atoms with E-state index < -0.39 is 0 Å². The number of halogens is 1. The van der Waals surface area contributed by atoms with Crippen molar-refractivity contribution in [2.24, 2.45) is 0 Å². The van der Waals surface area contributed by atoms with Crippen molar-refractivity contribution in [3.8, 4) is 67.8 Å². The Bertz CT molecular complexity index is 5800. The van der Waals surface area contributed by atoms with Crippen LogP contribution in [0.1, 0.15) is 27.7 Å². The Kier molecular flexibility index (Phi) is 15.3. The van der Waals surface area contributed by atoms with E-state index in [0.717, 1.165) is 61.9 Å². The van der Waals surface area contributed by atoms with Crippen LogP contribution in [0, 0.1) is 0 Å². The molecule has 0 atom stereocenters. The number of para-hydroxylation sites is 2. The van der Waals surface area contributed by atoms with Crippen LogP contribution in [0.25, 0.3) is 149 Å². The summed E-state index contributed by atoms with van der Waals surface area (Å²) in [5, 5.41) is 7.83. The molecule has 8 aromatic heterocycles. The quantitative estimate of drug-likeness (QED) is 0.111. The molecule has 0 bridgehead atoms. The maximum absolute atomic E-state index is 6.38. The second-order valence-electron chi connectivity index (χ2n) is 24.9. The van der Waals surface area contributed by atoms with E-state index >= 15 is 0 Å². The first kappa shape index (κ1) is 60.0. The summed E-state index contributed by atoms with van der Waals surface area (Å²) >= 11 is 11.0. The Balaban J connectivity index is 0.000000117. The zero-order valence-corrected chi connectivity index (χ0v) is 57.5. The largest absolute Gasteiger partial charge is 0.494 e. The van der Waals surface area contributed by atoms with Crippen molar-refractivity contribution in [1.29, 1.82) is 0 Å². The molecule has 18 aromatic rings. The van der Waals surface area contributed by atoms with E-state index in [1.165, 1.54) is 92.6 Å². The monoisotopic (exact) mass is 1380 g/mol. The van der Waals surface area contributed by atoms with E-state index in [0.29, 0.717) is 4.73 Å². The number of rotatable bonds is 8. The molecule has 14 heteroatoms. The van der Waals surface area contributed by atoms with Crippen LogP contribution in [0.4, 0.5) is 0 Å². The molecular formula is C82H58BBrN6O2S4. The van der Waals surface area contributed by atoms with Gasteiger partial charge in [-0.25, -0.2) is 19.9 Å². The molecule has 0 saturated carbocycles. The lowest BCUT2D eigenvalue weighted by atomic mass is 9.78. The third-order valence-corrected chi connectivity index (χ3v) is 23.7. The van der Waals surface area contributed by atoms with Gasteiger partial charge in [0, 0.05) is 80.9 Å². The minimum absolute atomic E-state index is 0.359. The number of fused-ring (bicyclic) bond motifs is 14. The van der Waals surface area contributed by atoms with Crippen LogP contribution in [0.3, 0.4) is 0 Å². The van der Waals surface area contributed by atoms with Crippen molar-refractivity contribution in [3.63, 3.8) is 0 Å². The Labute approximate surface area is 579 Å². The first-order chi connectivity index (χ1) is 47.0. The Morgan fingerprint density at radius 2 is 0.719 bits per heavy atom. The van der Waals surface area contributed by atoms with Crippen LogP contribution >= 0.6 is 61.3 Å². The number of benzene rings is 10. The number of aromatic nitrogens is 6. The van der Waals surface area contributed by atoms with Crippen LogP contribution in [0.5, 0.6) is 0 Å². The van der Waals surface area contributed by atoms with Gasteiger partial charge in [0.05, 0.1) is 73.5 Å². The summed E-state index contributed by atoms with van der Waals surface area (Å²) in [6, 6.07) is 97.3. The van der Waals surface area contributed by atoms with Crippen molar-refractivity contribution in [2.75, 3.05) is 0 Å². The molecule has 10 aromatic carbocycles. The van der Waals surface area contributed by atoms with Gasteiger partial charge in [0.2, 0.25) is 0 Å². The van der Waals surface area contributed by atoms with Crippen molar-refractivity contribution in [1.82, 2.24) is 29.1 Å². The van der Waals surface area contributed by atoms with Gasteiger partial charge in [0.1, 0.15) is 0 Å². The Morgan fingerprint density at radius 1 is 0.354 bits per heavy atom. The highest BCUT2D eigenvalue weighted by atomic mass is 79.9. The summed E-state index contributed by atoms with van der Waals surface area (Å²) in [6.07, 6.45) is 0. The standard InChI is InChI=1S/C38H23N3S2.C28H24BNO2S2.C16H11BrN2/c1-4-12-24(13-5-1)30-23-31(25-14-6-2-7-15-25)40-37(39-30)26-20-21-32-29(22-26)36-35(41(32)27-16-8-3-9-17-27)34-28-18-10-11-19-33(28)42-38(34)43-36;1-27(2)28(3,4)32-29(31-27)17-14-15-21-20(16-17)25-24(30(21)18-10-6-5-7-11-18)23-19-12-8-9-13-22(19)33-26(23)34-25;17-16-18-14(12-7-3-1-4-8-12)11-15(19-16)13-9-5-2-6-10-13/h1-23H;5-16H,1-4H3;1-11H. The number of hydrogen-bond acceptors (Lipinski definition) is 10. The summed E-state index contributed by atoms with van der Waals surface area (Å²) < 4.78 is 26.3. The van der Waals surface area contributed by atoms with Crippen LogP contribution in [0.15, 0.2) is 284 Å². The highest BCUT2D eigenvalue weighted by Crippen LogP contribution is 2.51. The summed E-state index contributed by atoms with van der Waals surface area (Å²) in [7, 11) is -0.369. The Morgan fingerprint density at radius 3 is 1.15 bits per heavy atom. The van der Waals surface area contributed by atoms with Crippen molar-refractivity contribution in [2.45, 2.75) is 38.9 Å². The molecule has 19 rings (SSSR count). The zero-order chi connectivity index (χ0) is 64.7. The smallest absolute Gasteiger partial charge is 0.399 e. The number of nitrogens with zero attached hydrogens (tertiary/aromatic N) is 6. The van der Waals surface area contributed by atoms with Crippen molar-refractivity contribution < 1.29 is 9.31 Å². The van der Waals surface area contributed by atoms with Gasteiger partial charge in [-0.15, -0.1) is 45.3 Å². The molecule has 0 unspecified atom stereocenters. The molecule has 9 heterocycles. The van der Waals surface area contributed by atoms with Gasteiger partial charge in [0.15, 0.2) is 10.6 Å². The molecule has 1 saturated heterocycles. The maximum atomic E-state index is 6.38. The van der Waals surface area contributed by atoms with Gasteiger partial charge < -0.3 is 18.4 Å². The van der Waals surface area contributed by atoms with E-state index in [4.69, 9.17) is 19.3 Å². The zero-order valence-electron chi connectivity index (χ0n) is 52.6. The van der Waals surface area contributed by atoms with E-state index in [1.807, 2.05) is 124 Å². The second-order valence-corrected chi connectivity index (χ2v) is 30.2. The molecule has 1 aliphatic heterocycles. The number of thiophene rings is 4. The van der Waals surface area contributed by atoms with E-state index in [9.17, 15) is 0 Å². The first-order valence-corrected chi connectivity index (χ1v) is 35.9. The average Bonchev–Trinajstić information content (AvgIpc) is 1.55. The van der Waals surface area contributed by atoms with Crippen LogP contribution in [-0.2, 0) is 9.31 Å². The summed E-state index contributed by atoms with van der Waals surface area (Å²) in [4.78, 5) is 19.1. The average molecular weight is 1380 g/mol. The van der Waals surface area contributed by atoms with Gasteiger partial charge in [-0.1, -0.05) is 206 Å². The topological polar surface area (TPSA) is 79.9 Å². The van der Waals surface area contributed by atoms with Gasteiger partial charge >= 0.3 is 7.12 Å². The van der Waals surface area contributed by atoms with Gasteiger partial charge in [-0.3, -0.25) is 0 Å². The molecule has 96 heavy (non-hydrogen) atoms. The van der Waals surface area contributed by atoms with Gasteiger partial charge in [-0.05, 0) is 122 Å². The molecule has 1 aliphatic rings. The first-order valence-electron chi connectivity index (χ1n) is 31.9. The third kappa shape index (κ3) is 10.7. The van der Waals surface area contributed by atoms with Gasteiger partial charge in [-0.2, -0.15) is 0 Å².